The molecule has 0 amide bonds. The van der Waals surface area contributed by atoms with Crippen molar-refractivity contribution in [2.75, 3.05) is 30.5 Å². The first kappa shape index (κ1) is 11.5. The van der Waals surface area contributed by atoms with Crippen molar-refractivity contribution >= 4 is 23.4 Å². The molecule has 0 aromatic carbocycles. The van der Waals surface area contributed by atoms with Gasteiger partial charge in [-0.2, -0.15) is 11.8 Å². The van der Waals surface area contributed by atoms with Gasteiger partial charge < -0.3 is 10.6 Å². The third kappa shape index (κ3) is 2.58. The van der Waals surface area contributed by atoms with Crippen molar-refractivity contribution in [1.29, 1.82) is 0 Å². The van der Waals surface area contributed by atoms with Crippen LogP contribution in [0.4, 0.5) is 11.6 Å². The van der Waals surface area contributed by atoms with Crippen LogP contribution >= 0.6 is 11.8 Å². The summed E-state index contributed by atoms with van der Waals surface area (Å²) in [4.78, 5) is 8.64. The lowest BCUT2D eigenvalue weighted by Gasteiger charge is -2.14. The number of thioether (sulfide) groups is 1. The van der Waals surface area contributed by atoms with Gasteiger partial charge in [0, 0.05) is 24.4 Å². The van der Waals surface area contributed by atoms with Gasteiger partial charge in [0.25, 0.3) is 0 Å². The second-order valence-electron chi connectivity index (χ2n) is 4.18. The van der Waals surface area contributed by atoms with E-state index in [0.717, 1.165) is 24.0 Å². The van der Waals surface area contributed by atoms with E-state index in [-0.39, 0.29) is 0 Å². The highest BCUT2D eigenvalue weighted by atomic mass is 32.2. The maximum Gasteiger partial charge on any atom is 0.131 e. The Morgan fingerprint density at radius 1 is 1.38 bits per heavy atom. The van der Waals surface area contributed by atoms with Crippen LogP contribution in [-0.2, 0) is 0 Å². The molecular formula is C11H18N4S. The molecule has 2 rings (SSSR count). The zero-order valence-electron chi connectivity index (χ0n) is 10.0. The molecule has 1 saturated carbocycles. The van der Waals surface area contributed by atoms with Crippen LogP contribution in [-0.4, -0.2) is 34.6 Å². The van der Waals surface area contributed by atoms with E-state index in [2.05, 4.69) is 26.9 Å². The first-order valence-corrected chi connectivity index (χ1v) is 6.72. The fourth-order valence-corrected chi connectivity index (χ4v) is 2.36. The molecule has 16 heavy (non-hydrogen) atoms. The topological polar surface area (TPSA) is 49.8 Å². The number of rotatable bonds is 5. The predicted octanol–water partition coefficient (Wildman–Crippen LogP) is 2.13. The molecular weight excluding hydrogens is 220 g/mol. The van der Waals surface area contributed by atoms with Gasteiger partial charge in [-0.25, -0.2) is 9.97 Å². The lowest BCUT2D eigenvalue weighted by molar-refractivity contribution is 0.930. The summed E-state index contributed by atoms with van der Waals surface area (Å²) in [6.07, 6.45) is 4.80. The molecule has 1 aromatic heterocycles. The Morgan fingerprint density at radius 3 is 2.62 bits per heavy atom. The van der Waals surface area contributed by atoms with Crippen LogP contribution in [0.2, 0.25) is 0 Å². The summed E-state index contributed by atoms with van der Waals surface area (Å²) in [6, 6.07) is 1.95. The molecule has 0 atom stereocenters. The average Bonchev–Trinajstić information content (AvgIpc) is 3.06. The summed E-state index contributed by atoms with van der Waals surface area (Å²) in [5, 5.41) is 6.44. The number of nitrogens with zero attached hydrogens (tertiary/aromatic N) is 2. The Morgan fingerprint density at radius 2 is 2.06 bits per heavy atom. The third-order valence-corrected chi connectivity index (χ3v) is 4.35. The first-order chi connectivity index (χ1) is 7.67. The van der Waals surface area contributed by atoms with E-state index in [0.29, 0.717) is 4.75 Å². The normalized spacial score (nSPS) is 16.9. The molecule has 4 nitrogen and oxygen atoms in total. The average molecular weight is 238 g/mol. The van der Waals surface area contributed by atoms with Crippen molar-refractivity contribution in [2.45, 2.75) is 24.5 Å². The summed E-state index contributed by atoms with van der Waals surface area (Å²) in [6.45, 7) is 2.90. The molecule has 0 radical (unpaired) electrons. The standard InChI is InChI=1S/C11H18N4S/c1-8-14-9(12-2)6-10(15-8)13-7-11(16-3)4-5-11/h6H,4-5,7H2,1-3H3,(H2,12,13,14,15). The second kappa shape index (κ2) is 4.49. The monoisotopic (exact) mass is 238 g/mol. The molecule has 0 saturated heterocycles. The Kier molecular flexibility index (Phi) is 3.23. The van der Waals surface area contributed by atoms with Gasteiger partial charge in [0.05, 0.1) is 0 Å². The van der Waals surface area contributed by atoms with Crippen molar-refractivity contribution < 1.29 is 0 Å². The van der Waals surface area contributed by atoms with E-state index in [1.54, 1.807) is 0 Å². The van der Waals surface area contributed by atoms with Crippen molar-refractivity contribution in [2.24, 2.45) is 0 Å². The Labute approximate surface area is 101 Å². The molecule has 1 aliphatic carbocycles. The summed E-state index contributed by atoms with van der Waals surface area (Å²) in [5.41, 5.74) is 0. The lowest BCUT2D eigenvalue weighted by atomic mass is 10.4. The minimum absolute atomic E-state index is 0.457. The summed E-state index contributed by atoms with van der Waals surface area (Å²) >= 11 is 1.95. The third-order valence-electron chi connectivity index (χ3n) is 2.93. The Hall–Kier alpha value is -0.970. The molecule has 0 bridgehead atoms. The van der Waals surface area contributed by atoms with E-state index in [1.807, 2.05) is 31.8 Å². The van der Waals surface area contributed by atoms with Crippen LogP contribution < -0.4 is 10.6 Å². The van der Waals surface area contributed by atoms with Crippen LogP contribution in [0, 0.1) is 6.92 Å². The maximum absolute atomic E-state index is 4.38. The highest BCUT2D eigenvalue weighted by Gasteiger charge is 2.41. The van der Waals surface area contributed by atoms with Gasteiger partial charge in [0.2, 0.25) is 0 Å². The molecule has 1 heterocycles. The van der Waals surface area contributed by atoms with Crippen molar-refractivity contribution in [3.8, 4) is 0 Å². The van der Waals surface area contributed by atoms with Crippen LogP contribution in [0.5, 0.6) is 0 Å². The highest BCUT2D eigenvalue weighted by Crippen LogP contribution is 2.46. The highest BCUT2D eigenvalue weighted by molar-refractivity contribution is 8.00. The quantitative estimate of drug-likeness (QED) is 0.823. The summed E-state index contributed by atoms with van der Waals surface area (Å²) < 4.78 is 0.457. The second-order valence-corrected chi connectivity index (χ2v) is 5.45. The lowest BCUT2D eigenvalue weighted by Crippen LogP contribution is -2.18. The minimum Gasteiger partial charge on any atom is -0.373 e. The Bertz CT molecular complexity index is 376. The van der Waals surface area contributed by atoms with Crippen molar-refractivity contribution in [1.82, 2.24) is 9.97 Å². The fourth-order valence-electron chi connectivity index (χ4n) is 1.63. The van der Waals surface area contributed by atoms with Crippen LogP contribution in [0.15, 0.2) is 6.07 Å². The van der Waals surface area contributed by atoms with Crippen LogP contribution in [0.1, 0.15) is 18.7 Å². The predicted molar refractivity (Wildman–Crippen MR) is 70.3 cm³/mol. The fraction of sp³-hybridized carbons (Fsp3) is 0.636. The largest absolute Gasteiger partial charge is 0.373 e. The van der Waals surface area contributed by atoms with Crippen molar-refractivity contribution in [3.63, 3.8) is 0 Å². The number of aryl methyl sites for hydroxylation is 1. The maximum atomic E-state index is 4.38. The van der Waals surface area contributed by atoms with Crippen LogP contribution in [0.3, 0.4) is 0 Å². The van der Waals surface area contributed by atoms with E-state index >= 15 is 0 Å². The molecule has 1 aliphatic rings. The van der Waals surface area contributed by atoms with E-state index in [9.17, 15) is 0 Å². The number of anilines is 2. The molecule has 1 aromatic rings. The molecule has 1 fully saturated rings. The van der Waals surface area contributed by atoms with Gasteiger partial charge in [-0.05, 0) is 26.0 Å². The first-order valence-electron chi connectivity index (χ1n) is 5.50. The Balaban J connectivity index is 2.01. The zero-order chi connectivity index (χ0) is 11.6. The number of hydrogen-bond acceptors (Lipinski definition) is 5. The molecule has 0 aliphatic heterocycles. The molecule has 5 heteroatoms. The van der Waals surface area contributed by atoms with Gasteiger partial charge >= 0.3 is 0 Å². The van der Waals surface area contributed by atoms with Gasteiger partial charge in [0.1, 0.15) is 17.5 Å². The van der Waals surface area contributed by atoms with Gasteiger partial charge in [0.15, 0.2) is 0 Å². The molecule has 2 N–H and O–H groups in total. The van der Waals surface area contributed by atoms with Crippen molar-refractivity contribution in [3.05, 3.63) is 11.9 Å². The van der Waals surface area contributed by atoms with Crippen LogP contribution in [0.25, 0.3) is 0 Å². The molecule has 88 valence electrons. The summed E-state index contributed by atoms with van der Waals surface area (Å²) in [7, 11) is 1.87. The van der Waals surface area contributed by atoms with E-state index in [1.165, 1.54) is 12.8 Å². The molecule has 0 spiro atoms. The zero-order valence-corrected chi connectivity index (χ0v) is 10.8. The van der Waals surface area contributed by atoms with Gasteiger partial charge in [-0.15, -0.1) is 0 Å². The van der Waals surface area contributed by atoms with Gasteiger partial charge in [-0.1, -0.05) is 0 Å². The smallest absolute Gasteiger partial charge is 0.131 e. The SMILES string of the molecule is CNc1cc(NCC2(SC)CC2)nc(C)n1. The number of aromatic nitrogens is 2. The molecule has 0 unspecified atom stereocenters. The summed E-state index contributed by atoms with van der Waals surface area (Å²) in [5.74, 6) is 2.57. The number of hydrogen-bond donors (Lipinski definition) is 2. The minimum atomic E-state index is 0.457. The number of nitrogens with one attached hydrogen (secondary N) is 2. The van der Waals surface area contributed by atoms with E-state index < -0.39 is 0 Å². The van der Waals surface area contributed by atoms with E-state index in [4.69, 9.17) is 0 Å². The van der Waals surface area contributed by atoms with Gasteiger partial charge in [-0.3, -0.25) is 0 Å².